The lowest BCUT2D eigenvalue weighted by Gasteiger charge is -2.61. The minimum absolute atomic E-state index is 0.121. The SMILES string of the molecule is c1ccc2cc3c(cc2c1)-c1c(ccc2ccc(-c4c5ccccc5c(-c5cc6ccccc6c6ccccc56)c5ccccc45)cc12)C31C2CC3CC(C2)CC1C3. The number of fused-ring (bicyclic) bond motifs is 11. The van der Waals surface area contributed by atoms with Gasteiger partial charge in [-0.2, -0.15) is 0 Å². The fraction of sp³-hybridized carbons (Fsp3) is 0.172. The van der Waals surface area contributed by atoms with E-state index in [9.17, 15) is 0 Å². The van der Waals surface area contributed by atoms with Gasteiger partial charge in [0, 0.05) is 5.41 Å². The van der Waals surface area contributed by atoms with Gasteiger partial charge in [-0.1, -0.05) is 146 Å². The highest BCUT2D eigenvalue weighted by atomic mass is 14.6. The minimum atomic E-state index is 0.121. The molecule has 4 saturated carbocycles. The Labute approximate surface area is 338 Å². The van der Waals surface area contributed by atoms with Crippen LogP contribution in [-0.2, 0) is 5.41 Å². The van der Waals surface area contributed by atoms with Crippen molar-refractivity contribution in [2.45, 2.75) is 37.5 Å². The molecule has 10 aromatic rings. The van der Waals surface area contributed by atoms with Gasteiger partial charge in [0.05, 0.1) is 0 Å². The molecule has 15 rings (SSSR count). The van der Waals surface area contributed by atoms with Crippen LogP contribution in [0.2, 0.25) is 0 Å². The van der Waals surface area contributed by atoms with E-state index < -0.39 is 0 Å². The molecule has 5 aliphatic carbocycles. The van der Waals surface area contributed by atoms with Crippen molar-refractivity contribution in [3.05, 3.63) is 181 Å². The lowest BCUT2D eigenvalue weighted by atomic mass is 9.43. The average Bonchev–Trinajstić information content (AvgIpc) is 3.55. The van der Waals surface area contributed by atoms with Crippen LogP contribution >= 0.6 is 0 Å². The highest BCUT2D eigenvalue weighted by Gasteiger charge is 2.61. The van der Waals surface area contributed by atoms with Crippen LogP contribution in [0.25, 0.3) is 98.0 Å². The Hall–Kier alpha value is -6.24. The molecule has 4 bridgehead atoms. The molecule has 0 aliphatic heterocycles. The minimum Gasteiger partial charge on any atom is -0.0616 e. The maximum atomic E-state index is 2.64. The van der Waals surface area contributed by atoms with Crippen LogP contribution in [0.15, 0.2) is 170 Å². The summed E-state index contributed by atoms with van der Waals surface area (Å²) in [6.45, 7) is 0. The van der Waals surface area contributed by atoms with E-state index in [-0.39, 0.29) is 5.41 Å². The zero-order valence-corrected chi connectivity index (χ0v) is 32.5. The van der Waals surface area contributed by atoms with E-state index in [1.54, 1.807) is 11.1 Å². The predicted molar refractivity (Wildman–Crippen MR) is 246 cm³/mol. The lowest BCUT2D eigenvalue weighted by molar-refractivity contribution is -0.0398. The average molecular weight is 739 g/mol. The Kier molecular flexibility index (Phi) is 6.28. The van der Waals surface area contributed by atoms with Gasteiger partial charge in [-0.25, -0.2) is 0 Å². The largest absolute Gasteiger partial charge is 0.0616 e. The van der Waals surface area contributed by atoms with Crippen molar-refractivity contribution in [3.8, 4) is 33.4 Å². The van der Waals surface area contributed by atoms with Crippen molar-refractivity contribution in [2.75, 3.05) is 0 Å². The van der Waals surface area contributed by atoms with Crippen LogP contribution in [0.1, 0.15) is 43.2 Å². The molecule has 0 radical (unpaired) electrons. The van der Waals surface area contributed by atoms with Crippen LogP contribution in [-0.4, -0.2) is 0 Å². The molecule has 0 amide bonds. The summed E-state index contributed by atoms with van der Waals surface area (Å²) in [5.41, 5.74) is 11.7. The summed E-state index contributed by atoms with van der Waals surface area (Å²) in [7, 11) is 0. The molecule has 10 aromatic carbocycles. The molecule has 0 N–H and O–H groups in total. The summed E-state index contributed by atoms with van der Waals surface area (Å²) < 4.78 is 0. The Bertz CT molecular complexity index is 3330. The molecule has 274 valence electrons. The van der Waals surface area contributed by atoms with E-state index in [0.29, 0.717) is 0 Å². The fourth-order valence-corrected chi connectivity index (χ4v) is 13.8. The highest BCUT2D eigenvalue weighted by Crippen LogP contribution is 2.70. The fourth-order valence-electron chi connectivity index (χ4n) is 13.8. The first kappa shape index (κ1) is 31.8. The topological polar surface area (TPSA) is 0 Å². The van der Waals surface area contributed by atoms with Gasteiger partial charge in [-0.05, 0) is 189 Å². The first-order valence-electron chi connectivity index (χ1n) is 21.7. The van der Waals surface area contributed by atoms with Crippen molar-refractivity contribution in [1.82, 2.24) is 0 Å². The van der Waals surface area contributed by atoms with Crippen molar-refractivity contribution >= 4 is 64.6 Å². The van der Waals surface area contributed by atoms with Gasteiger partial charge < -0.3 is 0 Å². The highest BCUT2D eigenvalue weighted by molar-refractivity contribution is 6.26. The van der Waals surface area contributed by atoms with Crippen molar-refractivity contribution in [1.29, 1.82) is 0 Å². The molecular formula is C58H42. The Morgan fingerprint density at radius 1 is 0.310 bits per heavy atom. The van der Waals surface area contributed by atoms with Gasteiger partial charge in [0.15, 0.2) is 0 Å². The van der Waals surface area contributed by atoms with Gasteiger partial charge in [0.25, 0.3) is 0 Å². The molecule has 5 aliphatic rings. The molecular weight excluding hydrogens is 697 g/mol. The smallest absolute Gasteiger partial charge is 0.0272 e. The van der Waals surface area contributed by atoms with E-state index in [0.717, 1.165) is 23.7 Å². The predicted octanol–water partition coefficient (Wildman–Crippen LogP) is 15.7. The van der Waals surface area contributed by atoms with Crippen LogP contribution in [0.5, 0.6) is 0 Å². The molecule has 0 heteroatoms. The molecule has 58 heavy (non-hydrogen) atoms. The van der Waals surface area contributed by atoms with Crippen molar-refractivity contribution < 1.29 is 0 Å². The van der Waals surface area contributed by atoms with Gasteiger partial charge in [-0.3, -0.25) is 0 Å². The summed E-state index contributed by atoms with van der Waals surface area (Å²) in [4.78, 5) is 0. The van der Waals surface area contributed by atoms with Gasteiger partial charge in [-0.15, -0.1) is 0 Å². The number of hydrogen-bond acceptors (Lipinski definition) is 0. The van der Waals surface area contributed by atoms with Crippen molar-refractivity contribution in [2.24, 2.45) is 23.7 Å². The zero-order chi connectivity index (χ0) is 37.7. The summed E-state index contributed by atoms with van der Waals surface area (Å²) in [5, 5.41) is 15.9. The number of rotatable bonds is 2. The summed E-state index contributed by atoms with van der Waals surface area (Å²) in [5.74, 6) is 3.31. The molecule has 0 unspecified atom stereocenters. The summed E-state index contributed by atoms with van der Waals surface area (Å²) in [6.07, 6.45) is 7.06. The third-order valence-electron chi connectivity index (χ3n) is 15.8. The third-order valence-corrected chi connectivity index (χ3v) is 15.8. The Morgan fingerprint density at radius 2 is 0.828 bits per heavy atom. The second-order valence-electron chi connectivity index (χ2n) is 18.4. The van der Waals surface area contributed by atoms with E-state index in [2.05, 4.69) is 170 Å². The molecule has 4 fully saturated rings. The van der Waals surface area contributed by atoms with Crippen LogP contribution in [0.4, 0.5) is 0 Å². The monoisotopic (exact) mass is 738 g/mol. The Balaban J connectivity index is 1.06. The van der Waals surface area contributed by atoms with Crippen LogP contribution < -0.4 is 0 Å². The zero-order valence-electron chi connectivity index (χ0n) is 32.5. The molecule has 0 heterocycles. The first-order valence-corrected chi connectivity index (χ1v) is 21.7. The standard InChI is InChI=1S/C58H42/c1-2-12-38-33-54-52(30-37(38)11-1)57-50-32-40(22-21-36(50)23-24-53(57)58(54)41-26-34-25-35(28-41)29-42(58)27-34)55-46-17-7-9-19-48(46)56(49-20-10-8-18-47(49)55)51-31-39-13-3-4-14-43(39)44-15-5-6-16-45(44)51/h1-24,30-35,41-42H,25-29H2. The molecule has 0 atom stereocenters. The molecule has 0 aromatic heterocycles. The normalized spacial score (nSPS) is 22.9. The Morgan fingerprint density at radius 3 is 1.50 bits per heavy atom. The molecule has 1 spiro atoms. The molecule has 0 nitrogen and oxygen atoms in total. The first-order chi connectivity index (χ1) is 28.7. The van der Waals surface area contributed by atoms with E-state index >= 15 is 0 Å². The maximum absolute atomic E-state index is 2.64. The van der Waals surface area contributed by atoms with Gasteiger partial charge >= 0.3 is 0 Å². The van der Waals surface area contributed by atoms with E-state index in [1.807, 2.05) is 0 Å². The third kappa shape index (κ3) is 4.06. The van der Waals surface area contributed by atoms with E-state index in [4.69, 9.17) is 0 Å². The second-order valence-corrected chi connectivity index (χ2v) is 18.4. The quantitative estimate of drug-likeness (QED) is 0.122. The second kappa shape index (κ2) is 11.5. The van der Waals surface area contributed by atoms with Gasteiger partial charge in [0.1, 0.15) is 0 Å². The van der Waals surface area contributed by atoms with Crippen LogP contribution in [0, 0.1) is 23.7 Å². The number of hydrogen-bond donors (Lipinski definition) is 0. The summed E-state index contributed by atoms with van der Waals surface area (Å²) >= 11 is 0. The van der Waals surface area contributed by atoms with Crippen LogP contribution in [0.3, 0.4) is 0 Å². The maximum Gasteiger partial charge on any atom is 0.0272 e. The van der Waals surface area contributed by atoms with Gasteiger partial charge in [0.2, 0.25) is 0 Å². The number of benzene rings is 10. The van der Waals surface area contributed by atoms with Crippen molar-refractivity contribution in [3.63, 3.8) is 0 Å². The summed E-state index contributed by atoms with van der Waals surface area (Å²) in [6, 6.07) is 65.5. The lowest BCUT2D eigenvalue weighted by Crippen LogP contribution is -2.55. The molecule has 0 saturated heterocycles. The van der Waals surface area contributed by atoms with E-state index in [1.165, 1.54) is 130 Å².